The Morgan fingerprint density at radius 1 is 1.04 bits per heavy atom. The van der Waals surface area contributed by atoms with E-state index in [1.54, 1.807) is 24.3 Å². The molecule has 3 rings (SSSR count). The lowest BCUT2D eigenvalue weighted by Crippen LogP contribution is -2.77. The average molecular weight is 388 g/mol. The third-order valence-corrected chi connectivity index (χ3v) is 5.84. The summed E-state index contributed by atoms with van der Waals surface area (Å²) in [5.74, 6) is -1.12. The second-order valence-electron chi connectivity index (χ2n) is 9.02. The Hall–Kier alpha value is -1.99. The van der Waals surface area contributed by atoms with E-state index in [1.165, 1.54) is 0 Å². The maximum absolute atomic E-state index is 12.9. The molecule has 1 N–H and O–H groups in total. The van der Waals surface area contributed by atoms with Gasteiger partial charge in [0.2, 0.25) is 14.9 Å². The molecule has 27 heavy (non-hydrogen) atoms. The predicted octanol–water partition coefficient (Wildman–Crippen LogP) is 2.61. The summed E-state index contributed by atoms with van der Waals surface area (Å²) in [6, 6.07) is 5.44. The fourth-order valence-corrected chi connectivity index (χ4v) is 5.45. The molecule has 0 spiro atoms. The summed E-state index contributed by atoms with van der Waals surface area (Å²) in [6.45, 7) is 12.4. The van der Waals surface area contributed by atoms with Crippen molar-refractivity contribution in [2.45, 2.75) is 64.9 Å². The molecule has 2 aliphatic rings. The van der Waals surface area contributed by atoms with E-state index < -0.39 is 38.5 Å². The van der Waals surface area contributed by atoms with Crippen LogP contribution in [-0.4, -0.2) is 49.3 Å². The second kappa shape index (κ2) is 6.56. The van der Waals surface area contributed by atoms with Gasteiger partial charge in [-0.2, -0.15) is 0 Å². The number of β-lactam (4-membered cyclic amide) rings is 1. The molecule has 1 radical (unpaired) electrons. The molecule has 2 aliphatic heterocycles. The summed E-state index contributed by atoms with van der Waals surface area (Å²) in [7, 11) is -1.07. The molecule has 1 fully saturated rings. The highest BCUT2D eigenvalue weighted by Crippen LogP contribution is 2.39. The van der Waals surface area contributed by atoms with E-state index in [4.69, 9.17) is 4.43 Å². The highest BCUT2D eigenvalue weighted by atomic mass is 28.3. The monoisotopic (exact) mass is 387 g/mol. The van der Waals surface area contributed by atoms with Crippen molar-refractivity contribution in [3.05, 3.63) is 35.4 Å². The molecule has 1 saturated heterocycles. The Balaban J connectivity index is 1.95. The van der Waals surface area contributed by atoms with Crippen LogP contribution in [0.4, 0.5) is 0 Å². The maximum Gasteiger partial charge on any atom is 0.262 e. The number of amides is 3. The van der Waals surface area contributed by atoms with Crippen LogP contribution in [0, 0.1) is 5.41 Å². The van der Waals surface area contributed by atoms with Gasteiger partial charge in [-0.15, -0.1) is 0 Å². The Morgan fingerprint density at radius 2 is 1.56 bits per heavy atom. The zero-order valence-electron chi connectivity index (χ0n) is 16.8. The van der Waals surface area contributed by atoms with E-state index in [2.05, 4.69) is 26.1 Å². The molecule has 3 unspecified atom stereocenters. The van der Waals surface area contributed by atoms with Crippen molar-refractivity contribution in [3.8, 4) is 0 Å². The molecule has 7 heteroatoms. The van der Waals surface area contributed by atoms with Crippen LogP contribution in [0.5, 0.6) is 0 Å². The first-order valence-electron chi connectivity index (χ1n) is 9.21. The first-order chi connectivity index (χ1) is 12.4. The highest BCUT2D eigenvalue weighted by molar-refractivity contribution is 6.48. The highest BCUT2D eigenvalue weighted by Gasteiger charge is 2.58. The summed E-state index contributed by atoms with van der Waals surface area (Å²) in [4.78, 5) is 39.3. The zero-order valence-corrected chi connectivity index (χ0v) is 17.8. The van der Waals surface area contributed by atoms with Crippen molar-refractivity contribution in [2.75, 3.05) is 0 Å². The van der Waals surface area contributed by atoms with Gasteiger partial charge in [0.15, 0.2) is 0 Å². The molecule has 3 amide bonds. The van der Waals surface area contributed by atoms with Crippen LogP contribution in [0.3, 0.4) is 0 Å². The molecule has 0 bridgehead atoms. The number of hydrogen-bond donors (Lipinski definition) is 1. The number of imide groups is 1. The second-order valence-corrected chi connectivity index (χ2v) is 11.0. The zero-order chi connectivity index (χ0) is 20.1. The largest absolute Gasteiger partial charge is 0.410 e. The third-order valence-electron chi connectivity index (χ3n) is 4.96. The van der Waals surface area contributed by atoms with Crippen LogP contribution in [0.15, 0.2) is 24.3 Å². The van der Waals surface area contributed by atoms with Crippen LogP contribution < -0.4 is 5.32 Å². The number of benzene rings is 1. The quantitative estimate of drug-likeness (QED) is 0.479. The maximum atomic E-state index is 12.9. The number of carbonyl (C=O) groups is 3. The van der Waals surface area contributed by atoms with E-state index >= 15 is 0 Å². The Kier molecular flexibility index (Phi) is 4.80. The third kappa shape index (κ3) is 3.46. The molecule has 1 aromatic carbocycles. The van der Waals surface area contributed by atoms with Crippen molar-refractivity contribution in [2.24, 2.45) is 5.41 Å². The van der Waals surface area contributed by atoms with Crippen LogP contribution in [0.2, 0.25) is 13.1 Å². The van der Waals surface area contributed by atoms with Gasteiger partial charge in [0.25, 0.3) is 11.8 Å². The number of fused-ring (bicyclic) bond motifs is 1. The SMILES string of the molecule is C[Si](C)OC(C)(CC(C)(C)C)C1NC(=O)C1N1C(=O)c2ccccc2C1=O. The van der Waals surface area contributed by atoms with Crippen LogP contribution >= 0.6 is 0 Å². The summed E-state index contributed by atoms with van der Waals surface area (Å²) in [5.41, 5.74) is 0.00772. The van der Waals surface area contributed by atoms with Gasteiger partial charge in [0.05, 0.1) is 22.8 Å². The van der Waals surface area contributed by atoms with E-state index in [0.717, 1.165) is 4.90 Å². The lowest BCUT2D eigenvalue weighted by molar-refractivity contribution is -0.144. The van der Waals surface area contributed by atoms with Gasteiger partial charge >= 0.3 is 0 Å². The molecular formula is C20H27N2O4Si. The van der Waals surface area contributed by atoms with Crippen LogP contribution in [0.25, 0.3) is 0 Å². The van der Waals surface area contributed by atoms with E-state index in [-0.39, 0.29) is 11.3 Å². The number of hydrogen-bond acceptors (Lipinski definition) is 4. The van der Waals surface area contributed by atoms with Gasteiger partial charge < -0.3 is 9.74 Å². The van der Waals surface area contributed by atoms with Gasteiger partial charge in [-0.1, -0.05) is 32.9 Å². The van der Waals surface area contributed by atoms with Crippen molar-refractivity contribution in [1.29, 1.82) is 0 Å². The predicted molar refractivity (Wildman–Crippen MR) is 104 cm³/mol. The fraction of sp³-hybridized carbons (Fsp3) is 0.550. The Morgan fingerprint density at radius 3 is 1.96 bits per heavy atom. The van der Waals surface area contributed by atoms with Gasteiger partial charge in [-0.05, 0) is 44.0 Å². The number of rotatable bonds is 5. The van der Waals surface area contributed by atoms with E-state index in [9.17, 15) is 14.4 Å². The van der Waals surface area contributed by atoms with Crippen molar-refractivity contribution in [1.82, 2.24) is 10.2 Å². The molecule has 0 aliphatic carbocycles. The Bertz CT molecular complexity index is 766. The molecule has 6 nitrogen and oxygen atoms in total. The number of carbonyl (C=O) groups excluding carboxylic acids is 3. The minimum atomic E-state index is -1.07. The van der Waals surface area contributed by atoms with Gasteiger partial charge in [0, 0.05) is 0 Å². The Labute approximate surface area is 162 Å². The van der Waals surface area contributed by atoms with Gasteiger partial charge in [-0.3, -0.25) is 19.3 Å². The molecule has 3 atom stereocenters. The average Bonchev–Trinajstić information content (AvgIpc) is 2.75. The summed E-state index contributed by atoms with van der Waals surface area (Å²) in [6.07, 6.45) is 0.695. The standard InChI is InChI=1S/C20H27N2O4Si/c1-19(2,3)11-20(4,26-27(5)6)15-14(16(23)21-15)22-17(24)12-9-7-8-10-13(12)18(22)25/h7-10,14-15H,11H2,1-6H3,(H,21,23). The smallest absolute Gasteiger partial charge is 0.262 e. The normalized spacial score (nSPS) is 24.6. The fourth-order valence-electron chi connectivity index (χ4n) is 4.32. The minimum Gasteiger partial charge on any atom is -0.410 e. The van der Waals surface area contributed by atoms with Gasteiger partial charge in [0.1, 0.15) is 6.04 Å². The number of nitrogens with zero attached hydrogens (tertiary/aromatic N) is 1. The van der Waals surface area contributed by atoms with Crippen molar-refractivity contribution in [3.63, 3.8) is 0 Å². The summed E-state index contributed by atoms with van der Waals surface area (Å²) < 4.78 is 6.34. The topological polar surface area (TPSA) is 75.7 Å². The van der Waals surface area contributed by atoms with Crippen molar-refractivity contribution >= 4 is 26.8 Å². The lowest BCUT2D eigenvalue weighted by atomic mass is 9.74. The molecule has 0 saturated carbocycles. The summed E-state index contributed by atoms with van der Waals surface area (Å²) in [5, 5.41) is 2.91. The minimum absolute atomic E-state index is 0.0427. The van der Waals surface area contributed by atoms with E-state index in [1.807, 2.05) is 20.0 Å². The van der Waals surface area contributed by atoms with E-state index in [0.29, 0.717) is 17.5 Å². The van der Waals surface area contributed by atoms with Gasteiger partial charge in [-0.25, -0.2) is 0 Å². The molecule has 145 valence electrons. The molecule has 2 heterocycles. The first kappa shape index (κ1) is 19.8. The van der Waals surface area contributed by atoms with Crippen LogP contribution in [0.1, 0.15) is 54.8 Å². The number of nitrogens with one attached hydrogen (secondary N) is 1. The lowest BCUT2D eigenvalue weighted by Gasteiger charge is -2.52. The molecule has 0 aromatic heterocycles. The first-order valence-corrected chi connectivity index (χ1v) is 11.6. The molecular weight excluding hydrogens is 360 g/mol. The molecule has 1 aromatic rings. The summed E-state index contributed by atoms with van der Waals surface area (Å²) >= 11 is 0. The van der Waals surface area contributed by atoms with Crippen LogP contribution in [-0.2, 0) is 9.22 Å². The van der Waals surface area contributed by atoms with Crippen molar-refractivity contribution < 1.29 is 18.8 Å².